The van der Waals surface area contributed by atoms with Gasteiger partial charge in [0.25, 0.3) is 11.1 Å². The Labute approximate surface area is 114 Å². The van der Waals surface area contributed by atoms with Crippen LogP contribution in [0.25, 0.3) is 6.08 Å². The highest BCUT2D eigenvalue weighted by molar-refractivity contribution is 8.18. The third-order valence-corrected chi connectivity index (χ3v) is 3.35. The topological polar surface area (TPSA) is 40.6 Å². The number of amides is 2. The lowest BCUT2D eigenvalue weighted by Crippen LogP contribution is -2.36. The van der Waals surface area contributed by atoms with Crippen molar-refractivity contribution < 1.29 is 14.0 Å². The first-order valence-electron chi connectivity index (χ1n) is 5.63. The highest BCUT2D eigenvalue weighted by Crippen LogP contribution is 2.32. The molecule has 6 heteroatoms. The first kappa shape index (κ1) is 13.8. The van der Waals surface area contributed by atoms with Gasteiger partial charge in [-0.3, -0.25) is 19.4 Å². The van der Waals surface area contributed by atoms with Gasteiger partial charge in [-0.05, 0) is 49.6 Å². The maximum atomic E-state index is 13.1. The molecule has 2 amide bonds. The lowest BCUT2D eigenvalue weighted by Gasteiger charge is -2.17. The van der Waals surface area contributed by atoms with Crippen LogP contribution in [0, 0.1) is 5.82 Å². The number of rotatable bonds is 3. The smallest absolute Gasteiger partial charge is 0.292 e. The molecule has 2 rings (SSSR count). The third-order valence-electron chi connectivity index (χ3n) is 2.44. The Morgan fingerprint density at radius 1 is 1.37 bits per heavy atom. The molecule has 1 heterocycles. The van der Waals surface area contributed by atoms with Gasteiger partial charge in [0, 0.05) is 0 Å². The molecule has 0 spiro atoms. The van der Waals surface area contributed by atoms with Crippen LogP contribution in [0.15, 0.2) is 29.2 Å². The van der Waals surface area contributed by atoms with E-state index in [0.29, 0.717) is 10.5 Å². The maximum Gasteiger partial charge on any atom is 0.294 e. The van der Waals surface area contributed by atoms with Crippen molar-refractivity contribution in [3.8, 4) is 0 Å². The normalized spacial score (nSPS) is 17.9. The molecule has 1 fully saturated rings. The molecule has 0 radical (unpaired) electrons. The van der Waals surface area contributed by atoms with Crippen LogP contribution in [0.3, 0.4) is 0 Å². The van der Waals surface area contributed by atoms with E-state index < -0.39 is 0 Å². The average molecular weight is 280 g/mol. The van der Waals surface area contributed by atoms with Crippen molar-refractivity contribution in [2.45, 2.75) is 0 Å². The van der Waals surface area contributed by atoms with Crippen molar-refractivity contribution in [3.63, 3.8) is 0 Å². The SMILES string of the molecule is CN(C)CN1C(=O)S/C(=C/c2cccc(F)c2)C1=O. The predicted octanol–water partition coefficient (Wildman–Crippen LogP) is 2.38. The van der Waals surface area contributed by atoms with Crippen LogP contribution in [0.5, 0.6) is 0 Å². The lowest BCUT2D eigenvalue weighted by atomic mass is 10.2. The van der Waals surface area contributed by atoms with Crippen molar-refractivity contribution in [2.24, 2.45) is 0 Å². The molecule has 0 aliphatic carbocycles. The molecule has 1 aromatic rings. The van der Waals surface area contributed by atoms with Gasteiger partial charge >= 0.3 is 0 Å². The molecular formula is C13H13FN2O2S. The fourth-order valence-corrected chi connectivity index (χ4v) is 2.48. The van der Waals surface area contributed by atoms with Gasteiger partial charge in [-0.1, -0.05) is 12.1 Å². The summed E-state index contributed by atoms with van der Waals surface area (Å²) in [5.41, 5.74) is 0.565. The molecular weight excluding hydrogens is 267 g/mol. The Morgan fingerprint density at radius 2 is 2.11 bits per heavy atom. The second kappa shape index (κ2) is 5.54. The molecule has 1 aliphatic heterocycles. The van der Waals surface area contributed by atoms with Gasteiger partial charge in [0.05, 0.1) is 11.6 Å². The van der Waals surface area contributed by atoms with E-state index in [1.165, 1.54) is 18.2 Å². The average Bonchev–Trinajstić information content (AvgIpc) is 2.57. The molecule has 4 nitrogen and oxygen atoms in total. The van der Waals surface area contributed by atoms with Crippen molar-refractivity contribution in [2.75, 3.05) is 20.8 Å². The van der Waals surface area contributed by atoms with Gasteiger partial charge in [-0.2, -0.15) is 0 Å². The minimum absolute atomic E-state index is 0.241. The van der Waals surface area contributed by atoms with Gasteiger partial charge in [-0.25, -0.2) is 4.39 Å². The van der Waals surface area contributed by atoms with Gasteiger partial charge < -0.3 is 0 Å². The Bertz CT molecular complexity index is 557. The number of halogens is 1. The molecule has 0 saturated carbocycles. The first-order chi connectivity index (χ1) is 8.97. The lowest BCUT2D eigenvalue weighted by molar-refractivity contribution is -0.123. The van der Waals surface area contributed by atoms with E-state index in [4.69, 9.17) is 0 Å². The third kappa shape index (κ3) is 3.21. The van der Waals surface area contributed by atoms with Crippen LogP contribution >= 0.6 is 11.8 Å². The zero-order chi connectivity index (χ0) is 14.0. The van der Waals surface area contributed by atoms with Gasteiger partial charge in [0.2, 0.25) is 0 Å². The van der Waals surface area contributed by atoms with Crippen LogP contribution in [-0.2, 0) is 4.79 Å². The highest BCUT2D eigenvalue weighted by Gasteiger charge is 2.35. The van der Waals surface area contributed by atoms with Crippen LogP contribution in [0.1, 0.15) is 5.56 Å². The molecule has 0 bridgehead atoms. The molecule has 1 aromatic carbocycles. The van der Waals surface area contributed by atoms with Gasteiger partial charge in [0.1, 0.15) is 5.82 Å². The van der Waals surface area contributed by atoms with Crippen LogP contribution in [-0.4, -0.2) is 41.7 Å². The summed E-state index contributed by atoms with van der Waals surface area (Å²) in [5, 5.41) is -0.304. The van der Waals surface area contributed by atoms with Crippen LogP contribution in [0.4, 0.5) is 9.18 Å². The number of imide groups is 1. The van der Waals surface area contributed by atoms with Crippen LogP contribution < -0.4 is 0 Å². The van der Waals surface area contributed by atoms with Crippen molar-refractivity contribution in [1.82, 2.24) is 9.80 Å². The molecule has 0 N–H and O–H groups in total. The summed E-state index contributed by atoms with van der Waals surface area (Å²) in [5.74, 6) is -0.714. The molecule has 0 aromatic heterocycles. The number of nitrogens with zero attached hydrogens (tertiary/aromatic N) is 2. The standard InChI is InChI=1S/C13H13FN2O2S/c1-15(2)8-16-12(17)11(19-13(16)18)7-9-4-3-5-10(14)6-9/h3-7H,8H2,1-2H3/b11-7+. The highest BCUT2D eigenvalue weighted by atomic mass is 32.2. The molecule has 100 valence electrons. The van der Waals surface area contributed by atoms with E-state index >= 15 is 0 Å². The zero-order valence-electron chi connectivity index (χ0n) is 10.6. The number of thioether (sulfide) groups is 1. The molecule has 1 saturated heterocycles. The summed E-state index contributed by atoms with van der Waals surface area (Å²) < 4.78 is 13.1. The maximum absolute atomic E-state index is 13.1. The number of carbonyl (C=O) groups excluding carboxylic acids is 2. The van der Waals surface area contributed by atoms with Gasteiger partial charge in [-0.15, -0.1) is 0 Å². The molecule has 0 unspecified atom stereocenters. The van der Waals surface area contributed by atoms with E-state index in [-0.39, 0.29) is 23.6 Å². The Morgan fingerprint density at radius 3 is 2.74 bits per heavy atom. The Hall–Kier alpha value is -1.66. The molecule has 0 atom stereocenters. The number of hydrogen-bond acceptors (Lipinski definition) is 4. The zero-order valence-corrected chi connectivity index (χ0v) is 11.4. The summed E-state index contributed by atoms with van der Waals surface area (Å²) in [4.78, 5) is 27.0. The van der Waals surface area contributed by atoms with E-state index in [9.17, 15) is 14.0 Å². The monoisotopic (exact) mass is 280 g/mol. The van der Waals surface area contributed by atoms with E-state index in [1.54, 1.807) is 31.1 Å². The van der Waals surface area contributed by atoms with Crippen molar-refractivity contribution >= 4 is 29.0 Å². The molecule has 19 heavy (non-hydrogen) atoms. The molecule has 1 aliphatic rings. The van der Waals surface area contributed by atoms with Crippen LogP contribution in [0.2, 0.25) is 0 Å². The van der Waals surface area contributed by atoms with Crippen molar-refractivity contribution in [1.29, 1.82) is 0 Å². The van der Waals surface area contributed by atoms with E-state index in [1.807, 2.05) is 0 Å². The second-order valence-corrected chi connectivity index (χ2v) is 5.38. The number of benzene rings is 1. The number of carbonyl (C=O) groups is 2. The minimum atomic E-state index is -0.374. The summed E-state index contributed by atoms with van der Waals surface area (Å²) in [6.07, 6.45) is 1.53. The number of hydrogen-bond donors (Lipinski definition) is 0. The summed E-state index contributed by atoms with van der Waals surface area (Å²) >= 11 is 0.874. The second-order valence-electron chi connectivity index (χ2n) is 4.39. The largest absolute Gasteiger partial charge is 0.294 e. The Balaban J connectivity index is 2.23. The van der Waals surface area contributed by atoms with Gasteiger partial charge in [0.15, 0.2) is 0 Å². The quantitative estimate of drug-likeness (QED) is 0.797. The summed E-state index contributed by atoms with van der Waals surface area (Å²) in [6.45, 7) is 0.241. The fourth-order valence-electron chi connectivity index (χ4n) is 1.65. The van der Waals surface area contributed by atoms with Crippen molar-refractivity contribution in [3.05, 3.63) is 40.6 Å². The van der Waals surface area contributed by atoms with E-state index in [0.717, 1.165) is 16.7 Å². The first-order valence-corrected chi connectivity index (χ1v) is 6.44. The van der Waals surface area contributed by atoms with E-state index in [2.05, 4.69) is 0 Å². The fraction of sp³-hybridized carbons (Fsp3) is 0.231. The Kier molecular flexibility index (Phi) is 4.01. The predicted molar refractivity (Wildman–Crippen MR) is 72.8 cm³/mol. The summed E-state index contributed by atoms with van der Waals surface area (Å²) in [7, 11) is 3.55. The summed E-state index contributed by atoms with van der Waals surface area (Å²) in [6, 6.07) is 5.89. The minimum Gasteiger partial charge on any atom is -0.292 e.